The molecule has 0 aromatic heterocycles. The lowest BCUT2D eigenvalue weighted by atomic mass is 9.76. The predicted molar refractivity (Wildman–Crippen MR) is 96.3 cm³/mol. The molecule has 0 bridgehead atoms. The molecule has 0 unspecified atom stereocenters. The van der Waals surface area contributed by atoms with E-state index in [0.717, 1.165) is 45.5 Å². The maximum absolute atomic E-state index is 13.8. The van der Waals surface area contributed by atoms with Crippen LogP contribution < -0.4 is 0 Å². The molecule has 2 atom stereocenters. The van der Waals surface area contributed by atoms with Crippen molar-refractivity contribution < 1.29 is 14.6 Å². The normalized spacial score (nSPS) is 36.2. The second-order valence-electron chi connectivity index (χ2n) is 8.88. The van der Waals surface area contributed by atoms with Crippen LogP contribution in [0.5, 0.6) is 0 Å². The van der Waals surface area contributed by atoms with Crippen molar-refractivity contribution in [2.75, 3.05) is 46.0 Å². The third kappa shape index (κ3) is 3.02. The Balaban J connectivity index is 1.56. The van der Waals surface area contributed by atoms with Crippen LogP contribution in [0.4, 0.5) is 0 Å². The summed E-state index contributed by atoms with van der Waals surface area (Å²) in [5.41, 5.74) is -0.477. The van der Waals surface area contributed by atoms with Crippen molar-refractivity contribution in [3.63, 3.8) is 0 Å². The highest BCUT2D eigenvalue weighted by molar-refractivity contribution is 5.87. The number of piperidine rings is 1. The lowest BCUT2D eigenvalue weighted by molar-refractivity contribution is -0.148. The van der Waals surface area contributed by atoms with Gasteiger partial charge in [-0.25, -0.2) is 0 Å². The summed E-state index contributed by atoms with van der Waals surface area (Å²) in [6.07, 6.45) is 10.4. The number of carbonyl (C=O) groups is 1. The minimum absolute atomic E-state index is 0.137. The summed E-state index contributed by atoms with van der Waals surface area (Å²) >= 11 is 0. The van der Waals surface area contributed by atoms with E-state index >= 15 is 0 Å². The van der Waals surface area contributed by atoms with Gasteiger partial charge >= 0.3 is 0 Å². The maximum Gasteiger partial charge on any atom is 0.243 e. The highest BCUT2D eigenvalue weighted by Crippen LogP contribution is 2.44. The molecule has 1 amide bonds. The monoisotopic (exact) mass is 350 g/mol. The van der Waals surface area contributed by atoms with E-state index in [1.165, 1.54) is 38.5 Å². The first-order valence-electron chi connectivity index (χ1n) is 10.4. The molecule has 142 valence electrons. The van der Waals surface area contributed by atoms with Gasteiger partial charge < -0.3 is 14.7 Å². The quantitative estimate of drug-likeness (QED) is 0.846. The topological polar surface area (TPSA) is 53.0 Å². The number of carbonyl (C=O) groups excluding carboxylic acids is 1. The third-order valence-corrected chi connectivity index (χ3v) is 7.46. The van der Waals surface area contributed by atoms with E-state index in [4.69, 9.17) is 4.74 Å². The van der Waals surface area contributed by atoms with E-state index in [2.05, 4.69) is 9.80 Å². The first kappa shape index (κ1) is 17.7. The van der Waals surface area contributed by atoms with Crippen LogP contribution in [0, 0.1) is 11.3 Å². The number of aliphatic hydroxyl groups is 1. The van der Waals surface area contributed by atoms with Gasteiger partial charge in [-0.1, -0.05) is 25.7 Å². The summed E-state index contributed by atoms with van der Waals surface area (Å²) in [4.78, 5) is 18.4. The third-order valence-electron chi connectivity index (χ3n) is 7.46. The van der Waals surface area contributed by atoms with Gasteiger partial charge in [-0.15, -0.1) is 0 Å². The molecule has 5 nitrogen and oxygen atoms in total. The van der Waals surface area contributed by atoms with E-state index in [1.54, 1.807) is 0 Å². The van der Waals surface area contributed by atoms with E-state index in [1.807, 2.05) is 0 Å². The van der Waals surface area contributed by atoms with Crippen LogP contribution in [-0.2, 0) is 9.53 Å². The molecule has 3 aliphatic heterocycles. The molecule has 0 radical (unpaired) electrons. The van der Waals surface area contributed by atoms with E-state index in [0.29, 0.717) is 25.0 Å². The smallest absolute Gasteiger partial charge is 0.243 e. The average Bonchev–Trinajstić information content (AvgIpc) is 3.09. The first-order valence-corrected chi connectivity index (χ1v) is 10.4. The molecule has 3 saturated heterocycles. The van der Waals surface area contributed by atoms with Crippen molar-refractivity contribution in [2.45, 2.75) is 63.3 Å². The van der Waals surface area contributed by atoms with E-state index < -0.39 is 0 Å². The van der Waals surface area contributed by atoms with Gasteiger partial charge in [-0.2, -0.15) is 0 Å². The molecule has 1 aliphatic carbocycles. The Labute approximate surface area is 151 Å². The van der Waals surface area contributed by atoms with Gasteiger partial charge in [0.1, 0.15) is 5.54 Å². The number of hydrogen-bond donors (Lipinski definition) is 1. The van der Waals surface area contributed by atoms with Crippen LogP contribution in [0.25, 0.3) is 0 Å². The first-order chi connectivity index (χ1) is 12.2. The number of fused-ring (bicyclic) bond motifs is 1. The summed E-state index contributed by atoms with van der Waals surface area (Å²) in [6, 6.07) is 0. The maximum atomic E-state index is 13.8. The minimum atomic E-state index is -0.260. The molecule has 25 heavy (non-hydrogen) atoms. The van der Waals surface area contributed by atoms with Crippen LogP contribution in [0.3, 0.4) is 0 Å². The highest BCUT2D eigenvalue weighted by atomic mass is 16.5. The van der Waals surface area contributed by atoms with Crippen molar-refractivity contribution in [2.24, 2.45) is 11.3 Å². The van der Waals surface area contributed by atoms with Gasteiger partial charge in [0.25, 0.3) is 0 Å². The van der Waals surface area contributed by atoms with Crippen LogP contribution in [0.1, 0.15) is 57.8 Å². The van der Waals surface area contributed by atoms with E-state index in [-0.39, 0.29) is 17.6 Å². The fraction of sp³-hybridized carbons (Fsp3) is 0.950. The molecular weight excluding hydrogens is 316 g/mol. The van der Waals surface area contributed by atoms with Gasteiger partial charge in [0, 0.05) is 25.1 Å². The number of rotatable bonds is 3. The largest absolute Gasteiger partial charge is 0.396 e. The zero-order valence-corrected chi connectivity index (χ0v) is 15.5. The van der Waals surface area contributed by atoms with Crippen molar-refractivity contribution >= 4 is 5.91 Å². The molecular formula is C20H34N2O3. The molecule has 4 aliphatic rings. The summed E-state index contributed by atoms with van der Waals surface area (Å²) in [7, 11) is 0. The molecule has 0 aromatic carbocycles. The number of hydrogen-bond acceptors (Lipinski definition) is 4. The van der Waals surface area contributed by atoms with Gasteiger partial charge in [0.05, 0.1) is 13.2 Å². The molecule has 0 aromatic rings. The Hall–Kier alpha value is -0.650. The Bertz CT molecular complexity index is 485. The minimum Gasteiger partial charge on any atom is -0.396 e. The molecule has 4 rings (SSSR count). The van der Waals surface area contributed by atoms with Crippen molar-refractivity contribution in [3.8, 4) is 0 Å². The fourth-order valence-electron chi connectivity index (χ4n) is 5.89. The second-order valence-corrected chi connectivity index (χ2v) is 8.88. The fourth-order valence-corrected chi connectivity index (χ4v) is 5.89. The molecule has 3 heterocycles. The van der Waals surface area contributed by atoms with Crippen LogP contribution >= 0.6 is 0 Å². The summed E-state index contributed by atoms with van der Waals surface area (Å²) in [6.45, 7) is 5.17. The molecule has 1 N–H and O–H groups in total. The molecule has 5 heteroatoms. The van der Waals surface area contributed by atoms with Crippen molar-refractivity contribution in [3.05, 3.63) is 0 Å². The summed E-state index contributed by atoms with van der Waals surface area (Å²) in [5.74, 6) is 0.758. The lowest BCUT2D eigenvalue weighted by Gasteiger charge is -2.48. The SMILES string of the molecule is O=C(N1C[C@@H]2CCOC[C@]2(CO)C1)C1(N2CCCCC2)CCCCC1. The van der Waals surface area contributed by atoms with E-state index in [9.17, 15) is 9.90 Å². The van der Waals surface area contributed by atoms with Crippen molar-refractivity contribution in [1.29, 1.82) is 0 Å². The van der Waals surface area contributed by atoms with Gasteiger partial charge in [-0.3, -0.25) is 9.69 Å². The van der Waals surface area contributed by atoms with Crippen LogP contribution in [0.2, 0.25) is 0 Å². The van der Waals surface area contributed by atoms with Crippen molar-refractivity contribution in [1.82, 2.24) is 9.80 Å². The average molecular weight is 351 g/mol. The molecule has 1 saturated carbocycles. The predicted octanol–water partition coefficient (Wildman–Crippen LogP) is 2.03. The Morgan fingerprint density at radius 1 is 1.08 bits per heavy atom. The second kappa shape index (κ2) is 7.16. The number of aliphatic hydroxyl groups excluding tert-OH is 1. The van der Waals surface area contributed by atoms with Gasteiger partial charge in [0.15, 0.2) is 0 Å². The Morgan fingerprint density at radius 3 is 2.48 bits per heavy atom. The zero-order valence-electron chi connectivity index (χ0n) is 15.5. The Morgan fingerprint density at radius 2 is 1.80 bits per heavy atom. The number of likely N-dealkylation sites (tertiary alicyclic amines) is 2. The summed E-state index contributed by atoms with van der Waals surface area (Å²) < 4.78 is 5.68. The van der Waals surface area contributed by atoms with Gasteiger partial charge in [-0.05, 0) is 51.1 Å². The number of nitrogens with zero attached hydrogens (tertiary/aromatic N) is 2. The zero-order chi connectivity index (χ0) is 17.3. The van der Waals surface area contributed by atoms with Crippen LogP contribution in [0.15, 0.2) is 0 Å². The number of ether oxygens (including phenoxy) is 1. The Kier molecular flexibility index (Phi) is 5.09. The van der Waals surface area contributed by atoms with Gasteiger partial charge in [0.2, 0.25) is 5.91 Å². The standard InChI is InChI=1S/C20H34N2O3/c23-15-19-14-21(13-17(19)7-12-25-16-19)18(24)20(8-3-1-4-9-20)22-10-5-2-6-11-22/h17,23H,1-16H2/t17-,19+/m0/s1. The number of amides is 1. The lowest BCUT2D eigenvalue weighted by Crippen LogP contribution is -2.61. The molecule has 4 fully saturated rings. The summed E-state index contributed by atoms with van der Waals surface area (Å²) in [5, 5.41) is 10.0. The highest BCUT2D eigenvalue weighted by Gasteiger charge is 2.54. The molecule has 0 spiro atoms. The van der Waals surface area contributed by atoms with Crippen LogP contribution in [-0.4, -0.2) is 72.4 Å².